The summed E-state index contributed by atoms with van der Waals surface area (Å²) in [5.74, 6) is -2.28. The summed E-state index contributed by atoms with van der Waals surface area (Å²) in [6.45, 7) is 8.93. The Morgan fingerprint density at radius 1 is 0.836 bits per heavy atom. The van der Waals surface area contributed by atoms with Crippen molar-refractivity contribution in [3.63, 3.8) is 0 Å². The average Bonchev–Trinajstić information content (AvgIpc) is 3.76. The number of benzene rings is 2. The van der Waals surface area contributed by atoms with Gasteiger partial charge < -0.3 is 29.7 Å². The van der Waals surface area contributed by atoms with E-state index in [2.05, 4.69) is 47.1 Å². The molecule has 2 aromatic heterocycles. The van der Waals surface area contributed by atoms with Gasteiger partial charge in [-0.25, -0.2) is 19.6 Å². The van der Waals surface area contributed by atoms with Crippen LogP contribution >= 0.6 is 54.5 Å². The minimum atomic E-state index is -0.997. The molecule has 2 aromatic carbocycles. The van der Waals surface area contributed by atoms with E-state index in [0.29, 0.717) is 48.0 Å². The molecule has 1 aliphatic heterocycles. The molecule has 0 bridgehead atoms. The van der Waals surface area contributed by atoms with Gasteiger partial charge in [-0.3, -0.25) is 14.4 Å². The lowest BCUT2D eigenvalue weighted by Crippen LogP contribution is -2.56. The molecule has 3 heterocycles. The molecule has 17 heteroatoms. The fraction of sp³-hybridized carbons (Fsp3) is 0.395. The first-order chi connectivity index (χ1) is 26.2. The molecule has 1 fully saturated rings. The first kappa shape index (κ1) is 43.5. The molecule has 1 saturated heterocycles. The Morgan fingerprint density at radius 3 is 1.84 bits per heavy atom. The number of amides is 3. The van der Waals surface area contributed by atoms with Gasteiger partial charge in [0.15, 0.2) is 5.01 Å². The van der Waals surface area contributed by atoms with Crippen molar-refractivity contribution in [1.29, 1.82) is 0 Å². The monoisotopic (exact) mass is 919 g/mol. The first-order valence-corrected chi connectivity index (χ1v) is 20.8. The SMILES string of the molecule is CCCCOC(=O)N1CCN(C(=O)[C@H](CCC(=O)OC(C)(C)C)NC(=O)c2nc(-c3ccccc3)c(Br)s2)CC1.O=C(O)c1nc(-c2ccccc2)c(Br)s1. The van der Waals surface area contributed by atoms with Gasteiger partial charge in [-0.2, -0.15) is 0 Å². The highest BCUT2D eigenvalue weighted by molar-refractivity contribution is 9.11. The van der Waals surface area contributed by atoms with Crippen LogP contribution in [0.2, 0.25) is 0 Å². The number of piperazine rings is 1. The summed E-state index contributed by atoms with van der Waals surface area (Å²) in [6.07, 6.45) is 1.35. The Hall–Kier alpha value is -4.19. The second kappa shape index (κ2) is 20.6. The van der Waals surface area contributed by atoms with Crippen molar-refractivity contribution in [3.05, 3.63) is 78.3 Å². The number of rotatable bonds is 12. The van der Waals surface area contributed by atoms with Gasteiger partial charge in [0.1, 0.15) is 11.6 Å². The van der Waals surface area contributed by atoms with E-state index in [1.807, 2.05) is 67.6 Å². The van der Waals surface area contributed by atoms with Crippen molar-refractivity contribution in [2.75, 3.05) is 32.8 Å². The number of carboxylic acids is 1. The van der Waals surface area contributed by atoms with Crippen LogP contribution in [-0.4, -0.2) is 99.1 Å². The number of ether oxygens (including phenoxy) is 2. The molecule has 1 aliphatic rings. The summed E-state index contributed by atoms with van der Waals surface area (Å²) in [6, 6.07) is 18.0. The third-order valence-electron chi connectivity index (χ3n) is 7.88. The molecule has 5 rings (SSSR count). The van der Waals surface area contributed by atoms with Crippen LogP contribution in [0.5, 0.6) is 0 Å². The van der Waals surface area contributed by atoms with E-state index < -0.39 is 29.5 Å². The van der Waals surface area contributed by atoms with Crippen molar-refractivity contribution in [2.24, 2.45) is 0 Å². The van der Waals surface area contributed by atoms with Crippen LogP contribution < -0.4 is 5.32 Å². The summed E-state index contributed by atoms with van der Waals surface area (Å²) >= 11 is 9.10. The Balaban J connectivity index is 0.000000371. The zero-order valence-electron chi connectivity index (χ0n) is 30.9. The summed E-state index contributed by atoms with van der Waals surface area (Å²) in [7, 11) is 0. The summed E-state index contributed by atoms with van der Waals surface area (Å²) in [4.78, 5) is 73.9. The van der Waals surface area contributed by atoms with E-state index in [1.165, 1.54) is 11.3 Å². The number of carbonyl (C=O) groups is 5. The fourth-order valence-electron chi connectivity index (χ4n) is 5.20. The van der Waals surface area contributed by atoms with Gasteiger partial charge in [0.25, 0.3) is 5.91 Å². The number of hydrogen-bond acceptors (Lipinski definition) is 11. The number of unbranched alkanes of at least 4 members (excludes halogenated alkanes) is 1. The van der Waals surface area contributed by atoms with Gasteiger partial charge in [0.2, 0.25) is 10.9 Å². The number of aromatic carboxylic acids is 1. The van der Waals surface area contributed by atoms with E-state index in [1.54, 1.807) is 30.6 Å². The number of nitrogens with one attached hydrogen (secondary N) is 1. The van der Waals surface area contributed by atoms with E-state index >= 15 is 0 Å². The molecule has 13 nitrogen and oxygen atoms in total. The largest absolute Gasteiger partial charge is 0.476 e. The molecule has 0 aliphatic carbocycles. The molecule has 55 heavy (non-hydrogen) atoms. The lowest BCUT2D eigenvalue weighted by molar-refractivity contribution is -0.155. The summed E-state index contributed by atoms with van der Waals surface area (Å²) in [5.41, 5.74) is 2.41. The summed E-state index contributed by atoms with van der Waals surface area (Å²) in [5, 5.41) is 11.9. The number of nitrogens with zero attached hydrogens (tertiary/aromatic N) is 4. The normalized spacial score (nSPS) is 13.3. The number of hydrogen-bond donors (Lipinski definition) is 2. The van der Waals surface area contributed by atoms with Gasteiger partial charge in [0, 0.05) is 43.7 Å². The molecular weight excluding hydrogens is 878 g/mol. The number of aromatic nitrogens is 2. The highest BCUT2D eigenvalue weighted by atomic mass is 79.9. The molecule has 1 atom stereocenters. The Labute approximate surface area is 344 Å². The third-order valence-corrected chi connectivity index (χ3v) is 11.3. The molecule has 3 amide bonds. The summed E-state index contributed by atoms with van der Waals surface area (Å²) < 4.78 is 12.1. The Morgan fingerprint density at radius 2 is 1.35 bits per heavy atom. The van der Waals surface area contributed by atoms with Crippen molar-refractivity contribution in [2.45, 2.75) is 65.0 Å². The maximum absolute atomic E-state index is 13.5. The molecule has 2 N–H and O–H groups in total. The number of halogens is 2. The number of carboxylic acid groups (broad SMARTS) is 1. The minimum absolute atomic E-state index is 0.0471. The maximum Gasteiger partial charge on any atom is 0.409 e. The van der Waals surface area contributed by atoms with Crippen molar-refractivity contribution in [3.8, 4) is 22.5 Å². The molecule has 0 saturated carbocycles. The van der Waals surface area contributed by atoms with Crippen molar-refractivity contribution in [1.82, 2.24) is 25.1 Å². The number of thiazole rings is 2. The zero-order chi connectivity index (χ0) is 40.1. The standard InChI is InChI=1S/C28H37BrN4O6S.C10H6BrNO2S/c1-5-6-18-38-27(37)33-16-14-32(15-17-33)26(36)20(12-13-21(34)39-28(2,3)4)30-24(35)25-31-22(23(29)40-25)19-10-8-7-9-11-19;11-8-7(6-4-2-1-3-5-6)12-9(15-8)10(13)14/h7-11,20H,5-6,12-18H2,1-4H3,(H,30,35);1-5H,(H,13,14)/t20-;/m0./s1. The minimum Gasteiger partial charge on any atom is -0.476 e. The van der Waals surface area contributed by atoms with Crippen molar-refractivity contribution >= 4 is 84.4 Å². The number of esters is 1. The molecule has 0 unspecified atom stereocenters. The van der Waals surface area contributed by atoms with Crippen LogP contribution in [0.4, 0.5) is 4.79 Å². The van der Waals surface area contributed by atoms with Crippen LogP contribution in [0.1, 0.15) is 73.0 Å². The van der Waals surface area contributed by atoms with Gasteiger partial charge in [-0.1, -0.05) is 85.3 Å². The van der Waals surface area contributed by atoms with E-state index in [4.69, 9.17) is 14.6 Å². The van der Waals surface area contributed by atoms with E-state index in [9.17, 15) is 24.0 Å². The van der Waals surface area contributed by atoms with Crippen LogP contribution in [0.15, 0.2) is 68.2 Å². The van der Waals surface area contributed by atoms with Gasteiger partial charge in [-0.05, 0) is 65.5 Å². The smallest absolute Gasteiger partial charge is 0.409 e. The molecule has 4 aromatic rings. The molecular formula is C38H43Br2N5O8S2. The van der Waals surface area contributed by atoms with Crippen LogP contribution in [0, 0.1) is 0 Å². The second-order valence-electron chi connectivity index (χ2n) is 13.3. The van der Waals surface area contributed by atoms with Gasteiger partial charge in [0.05, 0.1) is 25.6 Å². The van der Waals surface area contributed by atoms with Crippen LogP contribution in [0.3, 0.4) is 0 Å². The highest BCUT2D eigenvalue weighted by Gasteiger charge is 2.32. The third kappa shape index (κ3) is 13.2. The maximum atomic E-state index is 13.5. The van der Waals surface area contributed by atoms with Gasteiger partial charge >= 0.3 is 18.0 Å². The van der Waals surface area contributed by atoms with Gasteiger partial charge in [-0.15, -0.1) is 11.3 Å². The lowest BCUT2D eigenvalue weighted by Gasteiger charge is -2.36. The molecule has 0 radical (unpaired) electrons. The Kier molecular flexibility index (Phi) is 16.3. The average molecular weight is 922 g/mol. The van der Waals surface area contributed by atoms with E-state index in [-0.39, 0.29) is 34.9 Å². The van der Waals surface area contributed by atoms with E-state index in [0.717, 1.165) is 39.1 Å². The quantitative estimate of drug-likeness (QED) is 0.105. The second-order valence-corrected chi connectivity index (χ2v) is 17.9. The Bertz CT molecular complexity index is 1930. The first-order valence-electron chi connectivity index (χ1n) is 17.6. The predicted molar refractivity (Wildman–Crippen MR) is 218 cm³/mol. The van der Waals surface area contributed by atoms with Crippen LogP contribution in [-0.2, 0) is 19.1 Å². The number of carbonyl (C=O) groups excluding carboxylic acids is 4. The molecule has 294 valence electrons. The van der Waals surface area contributed by atoms with Crippen molar-refractivity contribution < 1.29 is 38.6 Å². The topological polar surface area (TPSA) is 168 Å². The highest BCUT2D eigenvalue weighted by Crippen LogP contribution is 2.34. The zero-order valence-corrected chi connectivity index (χ0v) is 35.7. The lowest BCUT2D eigenvalue weighted by atomic mass is 10.1. The predicted octanol–water partition coefficient (Wildman–Crippen LogP) is 8.14. The molecule has 0 spiro atoms. The van der Waals surface area contributed by atoms with Crippen LogP contribution in [0.25, 0.3) is 22.5 Å². The fourth-order valence-corrected chi connectivity index (χ4v) is 8.12.